The Morgan fingerprint density at radius 3 is 2.56 bits per heavy atom. The highest BCUT2D eigenvalue weighted by atomic mass is 35.5. The fourth-order valence-corrected chi connectivity index (χ4v) is 2.95. The first-order valence-corrected chi connectivity index (χ1v) is 7.02. The van der Waals surface area contributed by atoms with E-state index in [1.807, 2.05) is 6.07 Å². The van der Waals surface area contributed by atoms with E-state index in [1.54, 1.807) is 13.8 Å². The largest absolute Gasteiger partial charge is 0.329 e. The number of hydrogen-bond donors (Lipinski definition) is 2. The molecule has 0 radical (unpaired) electrons. The van der Waals surface area contributed by atoms with Crippen LogP contribution in [0.1, 0.15) is 19.4 Å². The van der Waals surface area contributed by atoms with Crippen LogP contribution in [0.25, 0.3) is 0 Å². The Labute approximate surface area is 112 Å². The van der Waals surface area contributed by atoms with Gasteiger partial charge in [-0.05, 0) is 32.0 Å². The molecule has 1 rings (SSSR count). The molecule has 0 spiro atoms. The second-order valence-corrected chi connectivity index (χ2v) is 6.54. The van der Waals surface area contributed by atoms with Crippen molar-refractivity contribution >= 4 is 21.6 Å². The van der Waals surface area contributed by atoms with Crippen molar-refractivity contribution < 1.29 is 8.42 Å². The average molecular weight is 288 g/mol. The molecule has 18 heavy (non-hydrogen) atoms. The maximum atomic E-state index is 12.1. The minimum atomic E-state index is -3.70. The number of hydrogen-bond acceptors (Lipinski definition) is 4. The Balaban J connectivity index is 3.15. The highest BCUT2D eigenvalue weighted by molar-refractivity contribution is 7.89. The van der Waals surface area contributed by atoms with Crippen LogP contribution >= 0.6 is 11.6 Å². The first-order chi connectivity index (χ1) is 8.22. The van der Waals surface area contributed by atoms with Crippen LogP contribution in [0, 0.1) is 11.3 Å². The van der Waals surface area contributed by atoms with Crippen molar-refractivity contribution in [3.8, 4) is 6.07 Å². The minimum absolute atomic E-state index is 0.00743. The third-order valence-corrected chi connectivity index (χ3v) is 4.30. The summed E-state index contributed by atoms with van der Waals surface area (Å²) >= 11 is 5.80. The van der Waals surface area contributed by atoms with E-state index in [4.69, 9.17) is 22.6 Å². The summed E-state index contributed by atoms with van der Waals surface area (Å²) in [6.07, 6.45) is 0. The quantitative estimate of drug-likeness (QED) is 0.870. The molecule has 0 aliphatic carbocycles. The van der Waals surface area contributed by atoms with Crippen LogP contribution in [0.4, 0.5) is 0 Å². The number of benzene rings is 1. The highest BCUT2D eigenvalue weighted by Crippen LogP contribution is 2.21. The molecule has 0 atom stereocenters. The Morgan fingerprint density at radius 1 is 1.50 bits per heavy atom. The van der Waals surface area contributed by atoms with E-state index in [9.17, 15) is 8.42 Å². The summed E-state index contributed by atoms with van der Waals surface area (Å²) in [5, 5.41) is 8.82. The molecule has 1 aromatic carbocycles. The highest BCUT2D eigenvalue weighted by Gasteiger charge is 2.25. The van der Waals surface area contributed by atoms with Crippen molar-refractivity contribution in [3.63, 3.8) is 0 Å². The maximum absolute atomic E-state index is 12.1. The Kier molecular flexibility index (Phi) is 4.35. The lowest BCUT2D eigenvalue weighted by atomic mass is 10.1. The lowest BCUT2D eigenvalue weighted by Gasteiger charge is -2.23. The fraction of sp³-hybridized carbons (Fsp3) is 0.364. The van der Waals surface area contributed by atoms with Crippen molar-refractivity contribution in [3.05, 3.63) is 28.8 Å². The van der Waals surface area contributed by atoms with Crippen molar-refractivity contribution in [2.45, 2.75) is 24.3 Å². The summed E-state index contributed by atoms with van der Waals surface area (Å²) in [5.41, 5.74) is 4.95. The van der Waals surface area contributed by atoms with Gasteiger partial charge in [0.05, 0.1) is 15.5 Å². The summed E-state index contributed by atoms with van der Waals surface area (Å²) in [4.78, 5) is 0.00743. The molecular formula is C11H14ClN3O2S. The fourth-order valence-electron chi connectivity index (χ4n) is 1.22. The summed E-state index contributed by atoms with van der Waals surface area (Å²) in [7, 11) is -3.70. The van der Waals surface area contributed by atoms with Gasteiger partial charge < -0.3 is 5.73 Å². The molecule has 98 valence electrons. The van der Waals surface area contributed by atoms with Gasteiger partial charge >= 0.3 is 0 Å². The Bertz CT molecular complexity index is 591. The van der Waals surface area contributed by atoms with E-state index in [2.05, 4.69) is 4.72 Å². The monoisotopic (exact) mass is 287 g/mol. The molecule has 0 saturated carbocycles. The van der Waals surface area contributed by atoms with Gasteiger partial charge in [0.1, 0.15) is 6.07 Å². The number of sulfonamides is 1. The SMILES string of the molecule is CC(C)(CN)NS(=O)(=O)c1ccc(C#N)c(Cl)c1. The van der Waals surface area contributed by atoms with Crippen LogP contribution in [0.2, 0.25) is 5.02 Å². The normalized spacial score (nSPS) is 12.2. The smallest absolute Gasteiger partial charge is 0.241 e. The number of halogens is 1. The first-order valence-electron chi connectivity index (χ1n) is 5.15. The van der Waals surface area contributed by atoms with Crippen molar-refractivity contribution in [1.82, 2.24) is 4.72 Å². The van der Waals surface area contributed by atoms with Crippen LogP contribution in [0.15, 0.2) is 23.1 Å². The van der Waals surface area contributed by atoms with E-state index in [0.717, 1.165) is 0 Å². The van der Waals surface area contributed by atoms with Gasteiger partial charge in [-0.15, -0.1) is 0 Å². The molecule has 3 N–H and O–H groups in total. The molecule has 0 aliphatic rings. The molecule has 0 heterocycles. The van der Waals surface area contributed by atoms with Crippen LogP contribution in [-0.2, 0) is 10.0 Å². The Hall–Kier alpha value is -1.13. The Morgan fingerprint density at radius 2 is 2.11 bits per heavy atom. The number of nitrogens with two attached hydrogens (primary N) is 1. The van der Waals surface area contributed by atoms with E-state index >= 15 is 0 Å². The van der Waals surface area contributed by atoms with Crippen molar-refractivity contribution in [2.75, 3.05) is 6.54 Å². The molecule has 0 bridgehead atoms. The van der Waals surface area contributed by atoms with Gasteiger partial charge in [-0.1, -0.05) is 11.6 Å². The minimum Gasteiger partial charge on any atom is -0.329 e. The number of nitrogens with one attached hydrogen (secondary N) is 1. The molecule has 1 aromatic rings. The third-order valence-electron chi connectivity index (χ3n) is 2.29. The molecular weight excluding hydrogens is 274 g/mol. The summed E-state index contributed by atoms with van der Waals surface area (Å²) < 4.78 is 26.6. The van der Waals surface area contributed by atoms with Gasteiger partial charge in [-0.3, -0.25) is 0 Å². The number of nitriles is 1. The van der Waals surface area contributed by atoms with Crippen LogP contribution in [0.3, 0.4) is 0 Å². The third kappa shape index (κ3) is 3.43. The van der Waals surface area contributed by atoms with E-state index in [0.29, 0.717) is 0 Å². The van der Waals surface area contributed by atoms with Gasteiger partial charge in [-0.2, -0.15) is 5.26 Å². The molecule has 0 aromatic heterocycles. The van der Waals surface area contributed by atoms with Crippen LogP contribution in [0.5, 0.6) is 0 Å². The van der Waals surface area contributed by atoms with E-state index in [-0.39, 0.29) is 22.0 Å². The van der Waals surface area contributed by atoms with Gasteiger partial charge in [0.15, 0.2) is 0 Å². The van der Waals surface area contributed by atoms with Gasteiger partial charge in [0.25, 0.3) is 0 Å². The predicted molar refractivity (Wildman–Crippen MR) is 69.6 cm³/mol. The molecule has 7 heteroatoms. The lowest BCUT2D eigenvalue weighted by Crippen LogP contribution is -2.48. The molecule has 5 nitrogen and oxygen atoms in total. The zero-order valence-corrected chi connectivity index (χ0v) is 11.6. The molecule has 0 amide bonds. The van der Waals surface area contributed by atoms with Gasteiger partial charge in [0, 0.05) is 12.1 Å². The van der Waals surface area contributed by atoms with E-state index in [1.165, 1.54) is 18.2 Å². The zero-order valence-electron chi connectivity index (χ0n) is 10.1. The second kappa shape index (κ2) is 5.24. The molecule has 0 fully saturated rings. The van der Waals surface area contributed by atoms with Crippen molar-refractivity contribution in [2.24, 2.45) is 5.73 Å². The van der Waals surface area contributed by atoms with Crippen LogP contribution in [-0.4, -0.2) is 20.5 Å². The molecule has 0 unspecified atom stereocenters. The lowest BCUT2D eigenvalue weighted by molar-refractivity contribution is 0.462. The zero-order chi connectivity index (χ0) is 14.0. The van der Waals surface area contributed by atoms with Gasteiger partial charge in [-0.25, -0.2) is 13.1 Å². The summed E-state index contributed by atoms with van der Waals surface area (Å²) in [6.45, 7) is 3.52. The van der Waals surface area contributed by atoms with Crippen molar-refractivity contribution in [1.29, 1.82) is 5.26 Å². The average Bonchev–Trinajstić information content (AvgIpc) is 2.27. The standard InChI is InChI=1S/C11H14ClN3O2S/c1-11(2,7-14)15-18(16,17)9-4-3-8(6-13)10(12)5-9/h3-5,15H,7,14H2,1-2H3. The first kappa shape index (κ1) is 14.9. The summed E-state index contributed by atoms with van der Waals surface area (Å²) in [5.74, 6) is 0. The summed E-state index contributed by atoms with van der Waals surface area (Å²) in [6, 6.07) is 5.81. The second-order valence-electron chi connectivity index (χ2n) is 4.45. The number of nitrogens with zero attached hydrogens (tertiary/aromatic N) is 1. The topological polar surface area (TPSA) is 96.0 Å². The van der Waals surface area contributed by atoms with Crippen LogP contribution < -0.4 is 10.5 Å². The van der Waals surface area contributed by atoms with Gasteiger partial charge in [0.2, 0.25) is 10.0 Å². The molecule has 0 aliphatic heterocycles. The maximum Gasteiger partial charge on any atom is 0.241 e. The van der Waals surface area contributed by atoms with E-state index < -0.39 is 15.6 Å². The predicted octanol–water partition coefficient (Wildman–Crippen LogP) is 1.23. The molecule has 0 saturated heterocycles. The number of rotatable bonds is 4.